The Kier molecular flexibility index (Phi) is 6.35. The van der Waals surface area contributed by atoms with Crippen molar-refractivity contribution in [3.63, 3.8) is 0 Å². The first-order chi connectivity index (χ1) is 17.4. The van der Waals surface area contributed by atoms with E-state index in [2.05, 4.69) is 47.5 Å². The summed E-state index contributed by atoms with van der Waals surface area (Å²) in [5.41, 5.74) is 2.92. The summed E-state index contributed by atoms with van der Waals surface area (Å²) < 4.78 is 25.9. The summed E-state index contributed by atoms with van der Waals surface area (Å²) in [6.07, 6.45) is 11.0. The molecule has 1 saturated carbocycles. The molecule has 182 valence electrons. The van der Waals surface area contributed by atoms with Crippen LogP contribution in [0.3, 0.4) is 0 Å². The van der Waals surface area contributed by atoms with Gasteiger partial charge in [-0.05, 0) is 44.9 Å². The van der Waals surface area contributed by atoms with Gasteiger partial charge in [-0.2, -0.15) is 9.19 Å². The minimum absolute atomic E-state index is 0.188. The van der Waals surface area contributed by atoms with Gasteiger partial charge in [0.05, 0.1) is 34.5 Å². The van der Waals surface area contributed by atoms with Crippen molar-refractivity contribution in [2.24, 2.45) is 0 Å². The van der Waals surface area contributed by atoms with Crippen LogP contribution in [0.25, 0.3) is 11.4 Å². The molecule has 11 heteroatoms. The van der Waals surface area contributed by atoms with Crippen LogP contribution in [-0.2, 0) is 10.0 Å². The van der Waals surface area contributed by atoms with E-state index in [9.17, 15) is 8.42 Å². The van der Waals surface area contributed by atoms with Crippen LogP contribution in [-0.4, -0.2) is 48.8 Å². The van der Waals surface area contributed by atoms with E-state index in [1.807, 2.05) is 32.0 Å². The van der Waals surface area contributed by atoms with Crippen LogP contribution in [0.1, 0.15) is 37.8 Å². The van der Waals surface area contributed by atoms with E-state index in [0.717, 1.165) is 20.9 Å². The van der Waals surface area contributed by atoms with Gasteiger partial charge >= 0.3 is 0 Å². The minimum Gasteiger partial charge on any atom is -0.382 e. The number of hydrogen-bond donors (Lipinski definition) is 2. The van der Waals surface area contributed by atoms with Gasteiger partial charge < -0.3 is 10.6 Å². The number of nitrogens with zero attached hydrogens (tertiary/aromatic N) is 6. The molecule has 0 radical (unpaired) electrons. The van der Waals surface area contributed by atoms with Gasteiger partial charge in [-0.3, -0.25) is 4.98 Å². The van der Waals surface area contributed by atoms with E-state index in [-0.39, 0.29) is 11.3 Å². The zero-order chi connectivity index (χ0) is 25.1. The molecule has 4 aromatic heterocycles. The van der Waals surface area contributed by atoms with Crippen LogP contribution in [0.4, 0.5) is 17.3 Å². The van der Waals surface area contributed by atoms with Crippen LogP contribution in [0.5, 0.6) is 0 Å². The molecule has 1 fully saturated rings. The Morgan fingerprint density at radius 2 is 1.92 bits per heavy atom. The molecule has 5 rings (SSSR count). The van der Waals surface area contributed by atoms with Crippen molar-refractivity contribution in [3.8, 4) is 23.2 Å². The molecule has 0 saturated heterocycles. The quantitative estimate of drug-likeness (QED) is 0.367. The van der Waals surface area contributed by atoms with Gasteiger partial charge in [-0.15, -0.1) is 0 Å². The second kappa shape index (κ2) is 9.75. The molecule has 0 atom stereocenters. The third-order valence-electron chi connectivity index (χ3n) is 5.29. The van der Waals surface area contributed by atoms with E-state index in [1.54, 1.807) is 30.9 Å². The summed E-state index contributed by atoms with van der Waals surface area (Å²) in [6.45, 7) is 4.10. The lowest BCUT2D eigenvalue weighted by atomic mass is 10.2. The molecule has 0 amide bonds. The Bertz CT molecular complexity index is 1550. The molecule has 1 aliphatic rings. The van der Waals surface area contributed by atoms with Crippen LogP contribution in [0, 0.1) is 11.8 Å². The van der Waals surface area contributed by atoms with Gasteiger partial charge in [0, 0.05) is 42.5 Å². The Balaban J connectivity index is 1.38. The van der Waals surface area contributed by atoms with E-state index >= 15 is 0 Å². The normalized spacial score (nSPS) is 13.2. The highest BCUT2D eigenvalue weighted by atomic mass is 32.2. The number of aromatic nitrogens is 6. The van der Waals surface area contributed by atoms with Crippen molar-refractivity contribution < 1.29 is 8.42 Å². The second-order valence-electron chi connectivity index (χ2n) is 8.64. The monoisotopic (exact) mass is 500 g/mol. The molecule has 36 heavy (non-hydrogen) atoms. The molecule has 4 aromatic rings. The predicted molar refractivity (Wildman–Crippen MR) is 137 cm³/mol. The number of hydrogen-bond acceptors (Lipinski definition) is 9. The average Bonchev–Trinajstić information content (AvgIpc) is 3.61. The fourth-order valence-corrected chi connectivity index (χ4v) is 4.88. The zero-order valence-corrected chi connectivity index (χ0v) is 20.6. The Morgan fingerprint density at radius 3 is 2.67 bits per heavy atom. The lowest BCUT2D eigenvalue weighted by molar-refractivity contribution is 0.578. The van der Waals surface area contributed by atoms with Gasteiger partial charge in [0.25, 0.3) is 10.0 Å². The van der Waals surface area contributed by atoms with Gasteiger partial charge in [0.1, 0.15) is 11.6 Å². The molecule has 0 aromatic carbocycles. The fraction of sp³-hybridized carbons (Fsp3) is 0.240. The molecule has 1 aliphatic carbocycles. The first-order valence-electron chi connectivity index (χ1n) is 11.5. The van der Waals surface area contributed by atoms with Crippen molar-refractivity contribution >= 4 is 27.3 Å². The third kappa shape index (κ3) is 5.34. The molecule has 0 aliphatic heterocycles. The Morgan fingerprint density at radius 1 is 1.06 bits per heavy atom. The molecule has 2 N–H and O–H groups in total. The molecule has 0 spiro atoms. The van der Waals surface area contributed by atoms with E-state index in [4.69, 9.17) is 0 Å². The third-order valence-corrected chi connectivity index (χ3v) is 7.32. The summed E-state index contributed by atoms with van der Waals surface area (Å²) in [6, 6.07) is 7.51. The molecule has 4 heterocycles. The van der Waals surface area contributed by atoms with Gasteiger partial charge in [0.15, 0.2) is 5.82 Å². The SMILES string of the molecule is CC(C)Nc1cc(Nc2ccnc(-c3cnn(S(=O)(=O)C4CC4)c3)n2)ncc1C#Cc1cccnc1. The highest BCUT2D eigenvalue weighted by Crippen LogP contribution is 2.30. The summed E-state index contributed by atoms with van der Waals surface area (Å²) in [7, 11) is -3.45. The average molecular weight is 501 g/mol. The maximum atomic E-state index is 12.4. The highest BCUT2D eigenvalue weighted by molar-refractivity contribution is 7.90. The molecule has 0 unspecified atom stereocenters. The lowest BCUT2D eigenvalue weighted by Crippen LogP contribution is -2.17. The maximum absolute atomic E-state index is 12.4. The summed E-state index contributed by atoms with van der Waals surface area (Å²) in [5.74, 6) is 7.70. The van der Waals surface area contributed by atoms with Crippen molar-refractivity contribution in [1.29, 1.82) is 0 Å². The minimum atomic E-state index is -3.45. The highest BCUT2D eigenvalue weighted by Gasteiger charge is 2.37. The van der Waals surface area contributed by atoms with Gasteiger partial charge in [-0.25, -0.2) is 23.4 Å². The predicted octanol–water partition coefficient (Wildman–Crippen LogP) is 3.43. The topological polar surface area (TPSA) is 128 Å². The van der Waals surface area contributed by atoms with Crippen LogP contribution in [0.15, 0.2) is 61.4 Å². The smallest absolute Gasteiger partial charge is 0.256 e. The fourth-order valence-electron chi connectivity index (χ4n) is 3.41. The zero-order valence-electron chi connectivity index (χ0n) is 19.8. The van der Waals surface area contributed by atoms with Gasteiger partial charge in [0.2, 0.25) is 0 Å². The largest absolute Gasteiger partial charge is 0.382 e. The summed E-state index contributed by atoms with van der Waals surface area (Å²) in [5, 5.41) is 10.3. The van der Waals surface area contributed by atoms with Gasteiger partial charge in [-0.1, -0.05) is 11.8 Å². The lowest BCUT2D eigenvalue weighted by Gasteiger charge is -2.14. The Hall–Kier alpha value is -4.30. The summed E-state index contributed by atoms with van der Waals surface area (Å²) in [4.78, 5) is 17.4. The van der Waals surface area contributed by atoms with Crippen LogP contribution >= 0.6 is 0 Å². The molecular formula is C25H24N8O2S. The summed E-state index contributed by atoms with van der Waals surface area (Å²) >= 11 is 0. The van der Waals surface area contributed by atoms with Crippen molar-refractivity contribution in [2.45, 2.75) is 38.0 Å². The standard InChI is InChI=1S/C25H24N8O2S/c1-17(2)30-22-12-24(28-14-19(22)6-5-18-4-3-10-26-13-18)31-23-9-11-27-25(32-23)20-15-29-33(16-20)36(34,35)21-7-8-21/h3-4,9-17,21H,7-8H2,1-2H3,(H2,27,28,30,31,32). The Labute approximate surface area is 209 Å². The van der Waals surface area contributed by atoms with Crippen LogP contribution < -0.4 is 10.6 Å². The first kappa shape index (κ1) is 23.4. The number of anilines is 3. The number of rotatable bonds is 7. The molecular weight excluding hydrogens is 476 g/mol. The van der Waals surface area contributed by atoms with E-state index in [1.165, 1.54) is 12.4 Å². The number of nitrogens with one attached hydrogen (secondary N) is 2. The van der Waals surface area contributed by atoms with E-state index < -0.39 is 10.0 Å². The van der Waals surface area contributed by atoms with Crippen molar-refractivity contribution in [1.82, 2.24) is 29.1 Å². The molecule has 0 bridgehead atoms. The first-order valence-corrected chi connectivity index (χ1v) is 13.0. The van der Waals surface area contributed by atoms with E-state index in [0.29, 0.717) is 35.9 Å². The van der Waals surface area contributed by atoms with Crippen molar-refractivity contribution in [3.05, 3.63) is 72.6 Å². The maximum Gasteiger partial charge on any atom is 0.256 e. The number of pyridine rings is 2. The van der Waals surface area contributed by atoms with Crippen LogP contribution in [0.2, 0.25) is 0 Å². The molecule has 10 nitrogen and oxygen atoms in total. The van der Waals surface area contributed by atoms with Crippen molar-refractivity contribution in [2.75, 3.05) is 10.6 Å². The second-order valence-corrected chi connectivity index (χ2v) is 10.7.